The summed E-state index contributed by atoms with van der Waals surface area (Å²) in [5.41, 5.74) is 0. The third kappa shape index (κ3) is 4.10. The summed E-state index contributed by atoms with van der Waals surface area (Å²) in [7, 11) is 0. The minimum atomic E-state index is -0.659. The molecule has 0 spiro atoms. The van der Waals surface area contributed by atoms with Crippen molar-refractivity contribution in [2.24, 2.45) is 0 Å². The second-order valence-electron chi connectivity index (χ2n) is 6.73. The molecule has 0 unspecified atom stereocenters. The van der Waals surface area contributed by atoms with E-state index in [9.17, 15) is 4.79 Å². The molecule has 27 heavy (non-hydrogen) atoms. The highest BCUT2D eigenvalue weighted by Gasteiger charge is 2.34. The van der Waals surface area contributed by atoms with Crippen LogP contribution in [0.2, 0.25) is 0 Å². The third-order valence-electron chi connectivity index (χ3n) is 4.93. The van der Waals surface area contributed by atoms with E-state index in [-0.39, 0.29) is 18.1 Å². The first-order chi connectivity index (χ1) is 13.2. The Kier molecular flexibility index (Phi) is 5.61. The van der Waals surface area contributed by atoms with Crippen molar-refractivity contribution in [3.8, 4) is 11.5 Å². The molecule has 0 aliphatic carbocycles. The van der Waals surface area contributed by atoms with Gasteiger partial charge in [0.05, 0.1) is 19.3 Å². The molecule has 1 N–H and O–H groups in total. The van der Waals surface area contributed by atoms with Crippen LogP contribution >= 0.6 is 11.3 Å². The Labute approximate surface area is 163 Å². The van der Waals surface area contributed by atoms with Crippen molar-refractivity contribution in [3.63, 3.8) is 0 Å². The molecule has 0 saturated carbocycles. The minimum absolute atomic E-state index is 0.143. The fraction of sp³-hybridized carbons (Fsp3) is 0.450. The van der Waals surface area contributed by atoms with Crippen molar-refractivity contribution < 1.29 is 19.0 Å². The molecule has 2 aromatic rings. The van der Waals surface area contributed by atoms with Crippen molar-refractivity contribution in [3.05, 3.63) is 46.7 Å². The molecule has 1 amide bonds. The van der Waals surface area contributed by atoms with Gasteiger partial charge in [0.15, 0.2) is 11.5 Å². The highest BCUT2D eigenvalue weighted by molar-refractivity contribution is 7.10. The van der Waals surface area contributed by atoms with E-state index in [4.69, 9.17) is 14.2 Å². The molecule has 2 aliphatic rings. The Balaban J connectivity index is 1.42. The van der Waals surface area contributed by atoms with Crippen LogP contribution in [0.1, 0.15) is 17.8 Å². The maximum absolute atomic E-state index is 12.8. The molecule has 3 atom stereocenters. The molecule has 1 saturated heterocycles. The van der Waals surface area contributed by atoms with Crippen LogP contribution in [0.5, 0.6) is 11.5 Å². The second kappa shape index (κ2) is 8.29. The number of morpholine rings is 1. The van der Waals surface area contributed by atoms with Gasteiger partial charge in [-0.25, -0.2) is 0 Å². The second-order valence-corrected chi connectivity index (χ2v) is 7.71. The summed E-state index contributed by atoms with van der Waals surface area (Å²) in [5, 5.41) is 5.15. The average Bonchev–Trinajstić information content (AvgIpc) is 3.23. The van der Waals surface area contributed by atoms with Crippen LogP contribution in [0.15, 0.2) is 41.8 Å². The number of hydrogen-bond donors (Lipinski definition) is 1. The normalized spacial score (nSPS) is 23.6. The summed E-state index contributed by atoms with van der Waals surface area (Å²) in [6.45, 7) is 5.58. The van der Waals surface area contributed by atoms with Gasteiger partial charge in [0, 0.05) is 24.5 Å². The van der Waals surface area contributed by atoms with Crippen LogP contribution in [0.3, 0.4) is 0 Å². The zero-order valence-electron chi connectivity index (χ0n) is 15.3. The highest BCUT2D eigenvalue weighted by atomic mass is 32.1. The molecular weight excluding hydrogens is 364 g/mol. The Morgan fingerprint density at radius 1 is 1.19 bits per heavy atom. The highest BCUT2D eigenvalue weighted by Crippen LogP contribution is 2.33. The molecule has 7 heteroatoms. The zero-order valence-corrected chi connectivity index (χ0v) is 16.1. The maximum Gasteiger partial charge on any atom is 0.265 e. The predicted octanol–water partition coefficient (Wildman–Crippen LogP) is 2.47. The van der Waals surface area contributed by atoms with Gasteiger partial charge in [-0.3, -0.25) is 9.69 Å². The van der Waals surface area contributed by atoms with Crippen LogP contribution in [0.25, 0.3) is 0 Å². The summed E-state index contributed by atoms with van der Waals surface area (Å²) in [5.74, 6) is 1.14. The number of amides is 1. The smallest absolute Gasteiger partial charge is 0.265 e. The van der Waals surface area contributed by atoms with Gasteiger partial charge in [-0.15, -0.1) is 11.3 Å². The zero-order chi connectivity index (χ0) is 18.6. The number of rotatable bonds is 5. The molecule has 144 valence electrons. The van der Waals surface area contributed by atoms with Crippen molar-refractivity contribution in [1.29, 1.82) is 0 Å². The topological polar surface area (TPSA) is 60.0 Å². The van der Waals surface area contributed by atoms with Crippen LogP contribution in [0.4, 0.5) is 0 Å². The Hall–Kier alpha value is -2.09. The van der Waals surface area contributed by atoms with Gasteiger partial charge in [-0.1, -0.05) is 18.2 Å². The largest absolute Gasteiger partial charge is 0.482 e. The van der Waals surface area contributed by atoms with E-state index in [0.29, 0.717) is 18.0 Å². The fourth-order valence-electron chi connectivity index (χ4n) is 3.48. The number of para-hydroxylation sites is 2. The quantitative estimate of drug-likeness (QED) is 0.853. The number of fused-ring (bicyclic) bond motifs is 1. The predicted molar refractivity (Wildman–Crippen MR) is 103 cm³/mol. The lowest BCUT2D eigenvalue weighted by atomic mass is 10.1. The standard InChI is InChI=1S/C20H24N2O4S/c1-14-19(26-17-6-3-2-5-16(17)25-14)20(23)21-13-15(18-7-4-12-27-18)22-8-10-24-11-9-22/h2-7,12,14-15,19H,8-11,13H2,1H3,(H,21,23)/t14-,15+,19-/m0/s1. The molecule has 2 aliphatic heterocycles. The van der Waals surface area contributed by atoms with Crippen LogP contribution in [0, 0.1) is 0 Å². The van der Waals surface area contributed by atoms with Crippen molar-refractivity contribution >= 4 is 17.2 Å². The number of hydrogen-bond acceptors (Lipinski definition) is 6. The molecule has 6 nitrogen and oxygen atoms in total. The van der Waals surface area contributed by atoms with Gasteiger partial charge in [0.2, 0.25) is 6.10 Å². The monoisotopic (exact) mass is 388 g/mol. The van der Waals surface area contributed by atoms with Crippen LogP contribution < -0.4 is 14.8 Å². The number of thiophene rings is 1. The lowest BCUT2D eigenvalue weighted by molar-refractivity contribution is -0.133. The average molecular weight is 388 g/mol. The van der Waals surface area contributed by atoms with Gasteiger partial charge in [-0.2, -0.15) is 0 Å². The maximum atomic E-state index is 12.8. The van der Waals surface area contributed by atoms with Gasteiger partial charge in [0.1, 0.15) is 6.10 Å². The number of nitrogens with one attached hydrogen (secondary N) is 1. The number of ether oxygens (including phenoxy) is 3. The Morgan fingerprint density at radius 3 is 2.63 bits per heavy atom. The Morgan fingerprint density at radius 2 is 1.93 bits per heavy atom. The number of nitrogens with zero attached hydrogens (tertiary/aromatic N) is 1. The summed E-state index contributed by atoms with van der Waals surface area (Å²) >= 11 is 1.71. The van der Waals surface area contributed by atoms with Crippen LogP contribution in [-0.2, 0) is 9.53 Å². The van der Waals surface area contributed by atoms with Crippen LogP contribution in [-0.4, -0.2) is 55.9 Å². The molecule has 3 heterocycles. The van der Waals surface area contributed by atoms with E-state index in [2.05, 4.69) is 21.7 Å². The number of carbonyl (C=O) groups is 1. The van der Waals surface area contributed by atoms with E-state index < -0.39 is 6.10 Å². The fourth-order valence-corrected chi connectivity index (χ4v) is 4.34. The first-order valence-corrected chi connectivity index (χ1v) is 10.2. The van der Waals surface area contributed by atoms with E-state index >= 15 is 0 Å². The molecule has 1 fully saturated rings. The van der Waals surface area contributed by atoms with E-state index in [1.54, 1.807) is 11.3 Å². The van der Waals surface area contributed by atoms with Gasteiger partial charge in [-0.05, 0) is 30.5 Å². The van der Waals surface area contributed by atoms with E-state index in [0.717, 1.165) is 26.3 Å². The van der Waals surface area contributed by atoms with Crippen molar-refractivity contribution in [1.82, 2.24) is 10.2 Å². The number of carbonyl (C=O) groups excluding carboxylic acids is 1. The summed E-state index contributed by atoms with van der Waals surface area (Å²) in [4.78, 5) is 16.4. The number of benzene rings is 1. The van der Waals surface area contributed by atoms with Gasteiger partial charge >= 0.3 is 0 Å². The van der Waals surface area contributed by atoms with E-state index in [1.165, 1.54) is 4.88 Å². The third-order valence-corrected chi connectivity index (χ3v) is 5.90. The minimum Gasteiger partial charge on any atom is -0.482 e. The van der Waals surface area contributed by atoms with Crippen molar-refractivity contribution in [2.75, 3.05) is 32.8 Å². The van der Waals surface area contributed by atoms with Crippen molar-refractivity contribution in [2.45, 2.75) is 25.2 Å². The summed E-state index contributed by atoms with van der Waals surface area (Å²) in [6, 6.07) is 11.8. The lowest BCUT2D eigenvalue weighted by Crippen LogP contribution is -2.51. The summed E-state index contributed by atoms with van der Waals surface area (Å²) in [6.07, 6.45) is -1.00. The van der Waals surface area contributed by atoms with Gasteiger partial charge in [0.25, 0.3) is 5.91 Å². The lowest BCUT2D eigenvalue weighted by Gasteiger charge is -2.35. The molecule has 0 bridgehead atoms. The molecule has 4 rings (SSSR count). The summed E-state index contributed by atoms with van der Waals surface area (Å²) < 4.78 is 17.2. The van der Waals surface area contributed by atoms with E-state index in [1.807, 2.05) is 37.3 Å². The SMILES string of the molecule is C[C@@H]1Oc2ccccc2O[C@@H]1C(=O)NC[C@H](c1cccs1)N1CCOCC1. The Bertz CT molecular complexity index is 761. The molecule has 1 aromatic carbocycles. The first-order valence-electron chi connectivity index (χ1n) is 9.27. The first kappa shape index (κ1) is 18.3. The molecular formula is C20H24N2O4S. The molecule has 0 radical (unpaired) electrons. The molecule has 1 aromatic heterocycles. The van der Waals surface area contributed by atoms with Gasteiger partial charge < -0.3 is 19.5 Å².